The third-order valence-corrected chi connectivity index (χ3v) is 4.32. The number of nitrogens with zero attached hydrogens (tertiary/aromatic N) is 3. The van der Waals surface area contributed by atoms with E-state index in [1.807, 2.05) is 36.6 Å². The number of hydrogen-bond donors (Lipinski definition) is 3. The maximum atomic E-state index is 5.93. The molecule has 1 aromatic carbocycles. The van der Waals surface area contributed by atoms with E-state index in [0.29, 0.717) is 17.6 Å². The van der Waals surface area contributed by atoms with Crippen molar-refractivity contribution in [3.05, 3.63) is 47.2 Å². The molecule has 0 aliphatic heterocycles. The van der Waals surface area contributed by atoms with Crippen molar-refractivity contribution in [3.63, 3.8) is 0 Å². The number of rotatable bonds is 6. The number of ether oxygens (including phenoxy) is 1. The van der Waals surface area contributed by atoms with Gasteiger partial charge in [-0.05, 0) is 31.0 Å². The Morgan fingerprint density at radius 2 is 2.04 bits per heavy atom. The highest BCUT2D eigenvalue weighted by atomic mass is 79.9. The van der Waals surface area contributed by atoms with E-state index < -0.39 is 0 Å². The van der Waals surface area contributed by atoms with Gasteiger partial charge in [0.25, 0.3) is 0 Å². The van der Waals surface area contributed by atoms with E-state index in [9.17, 15) is 0 Å². The number of aliphatic imine (C=N–C) groups is 1. The van der Waals surface area contributed by atoms with E-state index in [4.69, 9.17) is 10.5 Å². The summed E-state index contributed by atoms with van der Waals surface area (Å²) in [5, 5.41) is 5.67. The molecule has 0 saturated heterocycles. The first kappa shape index (κ1) is 23.1. The lowest BCUT2D eigenvalue weighted by Gasteiger charge is -2.03. The van der Waals surface area contributed by atoms with Crippen LogP contribution in [-0.4, -0.2) is 34.6 Å². The van der Waals surface area contributed by atoms with Crippen LogP contribution in [0.2, 0.25) is 0 Å². The normalized spacial score (nSPS) is 10.7. The highest BCUT2D eigenvalue weighted by Crippen LogP contribution is 2.23. The molecule has 10 heteroatoms. The minimum atomic E-state index is 0. The van der Waals surface area contributed by atoms with Gasteiger partial charge in [0.1, 0.15) is 17.3 Å². The van der Waals surface area contributed by atoms with E-state index in [1.165, 1.54) is 16.9 Å². The van der Waals surface area contributed by atoms with Gasteiger partial charge in [0, 0.05) is 11.9 Å². The minimum absolute atomic E-state index is 0. The largest absolute Gasteiger partial charge is 0.497 e. The number of imidazole rings is 1. The lowest BCUT2D eigenvalue weighted by molar-refractivity contribution is 0.414. The number of aromatic nitrogens is 3. The summed E-state index contributed by atoms with van der Waals surface area (Å²) in [7, 11) is 1.66. The number of nitrogens with one attached hydrogen (secondary N) is 2. The van der Waals surface area contributed by atoms with Crippen molar-refractivity contribution in [2.24, 2.45) is 10.7 Å². The average Bonchev–Trinajstić information content (AvgIpc) is 3.24. The number of guanidine groups is 1. The van der Waals surface area contributed by atoms with Crippen LogP contribution < -0.4 is 15.8 Å². The quantitative estimate of drug-likeness (QED) is 0.339. The summed E-state index contributed by atoms with van der Waals surface area (Å²) in [6.45, 7) is 2.51. The van der Waals surface area contributed by atoms with Crippen LogP contribution in [0.5, 0.6) is 5.75 Å². The fraction of sp³-hybridized carbons (Fsp3) is 0.235. The summed E-state index contributed by atoms with van der Waals surface area (Å²) in [4.78, 5) is 16.2. The summed E-state index contributed by atoms with van der Waals surface area (Å²) in [6.07, 6.45) is 2.57. The first-order chi connectivity index (χ1) is 12.1. The fourth-order valence-corrected chi connectivity index (χ4v) is 2.97. The van der Waals surface area contributed by atoms with E-state index in [1.54, 1.807) is 13.3 Å². The molecule has 0 aliphatic rings. The van der Waals surface area contributed by atoms with Crippen LogP contribution in [0, 0.1) is 6.92 Å². The molecular weight excluding hydrogens is 496 g/mol. The summed E-state index contributed by atoms with van der Waals surface area (Å²) in [6, 6.07) is 7.93. The van der Waals surface area contributed by atoms with Crippen molar-refractivity contribution in [1.82, 2.24) is 15.0 Å². The molecule has 3 aromatic rings. The Morgan fingerprint density at radius 1 is 1.30 bits per heavy atom. The summed E-state index contributed by atoms with van der Waals surface area (Å²) < 4.78 is 5.14. The predicted molar refractivity (Wildman–Crippen MR) is 122 cm³/mol. The van der Waals surface area contributed by atoms with E-state index in [0.717, 1.165) is 29.4 Å². The average molecular weight is 518 g/mol. The molecule has 146 valence electrons. The molecule has 0 spiro atoms. The standard InChI is InChI=1S/C17H20N6OS.2BrH/c1-11-20-9-14(21-11)15-10-25-17(22-15)23-16(18)19-8-7-12-3-5-13(24-2)6-4-12;;/h3-6,9-10H,7-8H2,1-2H3,(H,20,21)(H3,18,19,22,23);2*1H. The minimum Gasteiger partial charge on any atom is -0.497 e. The fourth-order valence-electron chi connectivity index (χ4n) is 2.25. The number of methoxy groups -OCH3 is 1. The van der Waals surface area contributed by atoms with Crippen LogP contribution in [0.25, 0.3) is 11.4 Å². The van der Waals surface area contributed by atoms with Crippen LogP contribution in [-0.2, 0) is 6.42 Å². The van der Waals surface area contributed by atoms with Crippen LogP contribution >= 0.6 is 45.3 Å². The third-order valence-electron chi connectivity index (χ3n) is 3.56. The van der Waals surface area contributed by atoms with Crippen molar-refractivity contribution in [2.75, 3.05) is 19.0 Å². The van der Waals surface area contributed by atoms with Gasteiger partial charge in [0.15, 0.2) is 11.1 Å². The van der Waals surface area contributed by atoms with Crippen molar-refractivity contribution in [3.8, 4) is 17.1 Å². The zero-order valence-electron chi connectivity index (χ0n) is 14.9. The number of nitrogens with two attached hydrogens (primary N) is 1. The van der Waals surface area contributed by atoms with E-state index in [2.05, 4.69) is 25.3 Å². The molecule has 0 saturated carbocycles. The SMILES string of the molecule is Br.Br.COc1ccc(CCN=C(N)Nc2nc(-c3cnc(C)[nH]3)cs2)cc1. The van der Waals surface area contributed by atoms with Crippen molar-refractivity contribution >= 4 is 56.4 Å². The molecule has 0 fully saturated rings. The molecule has 0 atom stereocenters. The maximum Gasteiger partial charge on any atom is 0.194 e. The van der Waals surface area contributed by atoms with Gasteiger partial charge >= 0.3 is 0 Å². The first-order valence-electron chi connectivity index (χ1n) is 7.81. The molecule has 4 N–H and O–H groups in total. The summed E-state index contributed by atoms with van der Waals surface area (Å²) in [5.74, 6) is 2.06. The number of anilines is 1. The van der Waals surface area contributed by atoms with Gasteiger partial charge in [0.05, 0.1) is 19.0 Å². The Kier molecular flexibility index (Phi) is 9.47. The van der Waals surface area contributed by atoms with Crippen molar-refractivity contribution in [2.45, 2.75) is 13.3 Å². The second-order valence-electron chi connectivity index (χ2n) is 5.41. The maximum absolute atomic E-state index is 5.93. The van der Waals surface area contributed by atoms with E-state index >= 15 is 0 Å². The third kappa shape index (κ3) is 6.64. The molecule has 0 bridgehead atoms. The number of aryl methyl sites for hydroxylation is 1. The van der Waals surface area contributed by atoms with Crippen LogP contribution in [0.1, 0.15) is 11.4 Å². The van der Waals surface area contributed by atoms with E-state index in [-0.39, 0.29) is 34.0 Å². The molecule has 0 radical (unpaired) electrons. The molecule has 0 unspecified atom stereocenters. The van der Waals surface area contributed by atoms with Gasteiger partial charge in [-0.3, -0.25) is 4.99 Å². The zero-order valence-corrected chi connectivity index (χ0v) is 19.2. The number of halogens is 2. The second kappa shape index (κ2) is 11.1. The topological polar surface area (TPSA) is 101 Å². The Balaban J connectivity index is 0.00000182. The zero-order chi connectivity index (χ0) is 17.6. The number of aromatic amines is 1. The van der Waals surface area contributed by atoms with Crippen LogP contribution in [0.4, 0.5) is 5.13 Å². The Bertz CT molecular complexity index is 862. The van der Waals surface area contributed by atoms with Gasteiger partial charge in [0.2, 0.25) is 0 Å². The molecule has 3 rings (SSSR count). The van der Waals surface area contributed by atoms with Gasteiger partial charge in [-0.2, -0.15) is 0 Å². The highest BCUT2D eigenvalue weighted by molar-refractivity contribution is 8.93. The molecule has 0 aliphatic carbocycles. The molecule has 7 nitrogen and oxygen atoms in total. The Hall–Kier alpha value is -1.91. The number of benzene rings is 1. The Labute approximate surface area is 183 Å². The highest BCUT2D eigenvalue weighted by Gasteiger charge is 2.07. The predicted octanol–water partition coefficient (Wildman–Crippen LogP) is 3.98. The number of hydrogen-bond acceptors (Lipinski definition) is 5. The molecule has 2 heterocycles. The number of thiazole rings is 1. The summed E-state index contributed by atoms with van der Waals surface area (Å²) in [5.41, 5.74) is 8.84. The molecule has 2 aromatic heterocycles. The van der Waals surface area contributed by atoms with Crippen LogP contribution in [0.15, 0.2) is 40.8 Å². The van der Waals surface area contributed by atoms with Gasteiger partial charge in [-0.15, -0.1) is 45.3 Å². The van der Waals surface area contributed by atoms with Gasteiger partial charge < -0.3 is 20.8 Å². The monoisotopic (exact) mass is 516 g/mol. The first-order valence-corrected chi connectivity index (χ1v) is 8.69. The number of H-pyrrole nitrogens is 1. The summed E-state index contributed by atoms with van der Waals surface area (Å²) >= 11 is 1.47. The van der Waals surface area contributed by atoms with Crippen LogP contribution in [0.3, 0.4) is 0 Å². The lowest BCUT2D eigenvalue weighted by atomic mass is 10.1. The smallest absolute Gasteiger partial charge is 0.194 e. The Morgan fingerprint density at radius 3 is 2.67 bits per heavy atom. The van der Waals surface area contributed by atoms with Gasteiger partial charge in [-0.1, -0.05) is 12.1 Å². The van der Waals surface area contributed by atoms with Crippen molar-refractivity contribution in [1.29, 1.82) is 0 Å². The van der Waals surface area contributed by atoms with Gasteiger partial charge in [-0.25, -0.2) is 9.97 Å². The lowest BCUT2D eigenvalue weighted by Crippen LogP contribution is -2.23. The molecule has 27 heavy (non-hydrogen) atoms. The van der Waals surface area contributed by atoms with Crippen molar-refractivity contribution < 1.29 is 4.74 Å². The molecule has 0 amide bonds. The second-order valence-corrected chi connectivity index (χ2v) is 6.27. The molecular formula is C17H22Br2N6OS.